The van der Waals surface area contributed by atoms with Crippen LogP contribution in [0.3, 0.4) is 0 Å². The summed E-state index contributed by atoms with van der Waals surface area (Å²) in [6.45, 7) is 4.65. The average Bonchev–Trinajstić information content (AvgIpc) is 3.31. The fourth-order valence-corrected chi connectivity index (χ4v) is 9.32. The normalized spacial score (nSPS) is 14.2. The molecule has 0 aliphatic heterocycles. The summed E-state index contributed by atoms with van der Waals surface area (Å²) in [5.41, 5.74) is 0. The second kappa shape index (κ2) is 51.4. The van der Waals surface area contributed by atoms with Gasteiger partial charge < -0.3 is 28.8 Å². The largest absolute Gasteiger partial charge is 0.756 e. The number of phosphoric ester groups is 1. The highest BCUT2D eigenvalue weighted by molar-refractivity contribution is 7.45. The van der Waals surface area contributed by atoms with Crippen LogP contribution in [0.15, 0.2) is 48.6 Å². The number of phosphoric acid groups is 1. The first kappa shape index (κ1) is 67.5. The van der Waals surface area contributed by atoms with Crippen LogP contribution in [0.4, 0.5) is 0 Å². The minimum atomic E-state index is -4.61. The lowest BCUT2D eigenvalue weighted by Gasteiger charge is -2.29. The van der Waals surface area contributed by atoms with Crippen molar-refractivity contribution in [3.05, 3.63) is 48.6 Å². The second-order valence-corrected chi connectivity index (χ2v) is 22.7. The number of hydrogen-bond donors (Lipinski definition) is 2. The van der Waals surface area contributed by atoms with Crippen molar-refractivity contribution >= 4 is 13.7 Å². The lowest BCUT2D eigenvalue weighted by molar-refractivity contribution is -0.870. The highest BCUT2D eigenvalue weighted by Gasteiger charge is 2.23. The zero-order valence-corrected chi connectivity index (χ0v) is 47.2. The number of carbonyl (C=O) groups excluding carboxylic acids is 1. The van der Waals surface area contributed by atoms with Gasteiger partial charge in [0.2, 0.25) is 5.91 Å². The minimum Gasteiger partial charge on any atom is -0.756 e. The van der Waals surface area contributed by atoms with Crippen LogP contribution < -0.4 is 10.2 Å². The van der Waals surface area contributed by atoms with Crippen LogP contribution in [0.25, 0.3) is 0 Å². The molecule has 0 aliphatic carbocycles. The SMILES string of the molecule is CCCCCCCCCCCCC/C=C\CCCCCCCCCC(=O)NC(COP(=O)([O-])OCC[N+](C)(C)C)C(O)/C=C/CC/C=C/CC/C=C/CCCCCCCCCCCCCCCCC. The van der Waals surface area contributed by atoms with Gasteiger partial charge in [0.05, 0.1) is 39.9 Å². The van der Waals surface area contributed by atoms with E-state index in [1.54, 1.807) is 6.08 Å². The first-order valence-electron chi connectivity index (χ1n) is 29.5. The number of aliphatic hydroxyl groups excluding tert-OH is 1. The molecule has 3 atom stereocenters. The summed E-state index contributed by atoms with van der Waals surface area (Å²) < 4.78 is 23.3. The Labute approximate surface area is 429 Å². The van der Waals surface area contributed by atoms with E-state index in [9.17, 15) is 19.4 Å². The highest BCUT2D eigenvalue weighted by Crippen LogP contribution is 2.38. The van der Waals surface area contributed by atoms with Crippen molar-refractivity contribution in [1.29, 1.82) is 0 Å². The summed E-state index contributed by atoms with van der Waals surface area (Å²) in [5, 5.41) is 13.9. The fraction of sp³-hybridized carbons (Fsp3) is 0.850. The highest BCUT2D eigenvalue weighted by atomic mass is 31.2. The van der Waals surface area contributed by atoms with Crippen LogP contribution in [0.2, 0.25) is 0 Å². The van der Waals surface area contributed by atoms with Gasteiger partial charge in [-0.15, -0.1) is 0 Å². The number of aliphatic hydroxyl groups is 1. The van der Waals surface area contributed by atoms with Gasteiger partial charge in [-0.25, -0.2) is 0 Å². The predicted molar refractivity (Wildman–Crippen MR) is 298 cm³/mol. The molecule has 0 aromatic carbocycles. The van der Waals surface area contributed by atoms with Crippen molar-refractivity contribution in [1.82, 2.24) is 5.32 Å². The van der Waals surface area contributed by atoms with Gasteiger partial charge in [0.1, 0.15) is 13.2 Å². The van der Waals surface area contributed by atoms with E-state index in [4.69, 9.17) is 9.05 Å². The number of allylic oxidation sites excluding steroid dienone is 7. The Morgan fingerprint density at radius 2 is 0.812 bits per heavy atom. The van der Waals surface area contributed by atoms with Crippen LogP contribution in [-0.4, -0.2) is 68.5 Å². The predicted octanol–water partition coefficient (Wildman–Crippen LogP) is 17.3. The molecule has 69 heavy (non-hydrogen) atoms. The quantitative estimate of drug-likeness (QED) is 0.0272. The summed E-state index contributed by atoms with van der Waals surface area (Å²) in [4.78, 5) is 25.5. The van der Waals surface area contributed by atoms with Gasteiger partial charge in [0, 0.05) is 6.42 Å². The lowest BCUT2D eigenvalue weighted by atomic mass is 10.0. The van der Waals surface area contributed by atoms with Gasteiger partial charge in [-0.1, -0.05) is 249 Å². The van der Waals surface area contributed by atoms with Gasteiger partial charge in [0.25, 0.3) is 7.82 Å². The maximum atomic E-state index is 13.0. The molecule has 0 aromatic heterocycles. The van der Waals surface area contributed by atoms with Gasteiger partial charge in [-0.2, -0.15) is 0 Å². The Bertz CT molecular complexity index is 1260. The third-order valence-electron chi connectivity index (χ3n) is 13.2. The number of quaternary nitrogens is 1. The minimum absolute atomic E-state index is 0.0102. The Morgan fingerprint density at radius 1 is 0.493 bits per heavy atom. The third kappa shape index (κ3) is 54.1. The first-order valence-corrected chi connectivity index (χ1v) is 31.0. The average molecular weight is 992 g/mol. The van der Waals surface area contributed by atoms with Gasteiger partial charge in [0.15, 0.2) is 0 Å². The summed E-state index contributed by atoms with van der Waals surface area (Å²) in [6.07, 6.45) is 67.7. The molecule has 0 saturated carbocycles. The molecule has 0 radical (unpaired) electrons. The summed E-state index contributed by atoms with van der Waals surface area (Å²) in [6, 6.07) is -0.913. The molecule has 0 aliphatic rings. The standard InChI is InChI=1S/C60H115N2O6P/c1-6-8-10-12-14-16-18-20-22-24-26-28-30-31-32-33-35-37-39-41-43-45-47-49-51-53-59(63)58(57-68-69(65,66)67-56-55-62(3,4)5)61-60(64)54-52-50-48-46-44-42-40-38-36-34-29-27-25-23-21-19-17-15-13-11-9-7-2/h34-37,43,45,51,53,58-59,63H,6-33,38-42,44,46-50,52,54-57H2,1-5H3,(H-,61,64,65,66)/b36-34-,37-35+,45-43+,53-51+. The number of likely N-dealkylation sites (N-methyl/N-ethyl adjacent to an activating group) is 1. The summed E-state index contributed by atoms with van der Waals surface area (Å²) in [5.74, 6) is -0.213. The zero-order valence-electron chi connectivity index (χ0n) is 46.3. The van der Waals surface area contributed by atoms with E-state index in [2.05, 4.69) is 55.6 Å². The van der Waals surface area contributed by atoms with E-state index in [-0.39, 0.29) is 12.5 Å². The maximum absolute atomic E-state index is 13.0. The fourth-order valence-electron chi connectivity index (χ4n) is 8.59. The second-order valence-electron chi connectivity index (χ2n) is 21.3. The van der Waals surface area contributed by atoms with Crippen molar-refractivity contribution in [2.75, 3.05) is 40.9 Å². The molecule has 2 N–H and O–H groups in total. The van der Waals surface area contributed by atoms with Crippen molar-refractivity contribution in [2.24, 2.45) is 0 Å². The molecular weight excluding hydrogens is 876 g/mol. The van der Waals surface area contributed by atoms with Crippen LogP contribution in [0, 0.1) is 0 Å². The number of unbranched alkanes of at least 4 members (excludes halogenated alkanes) is 35. The monoisotopic (exact) mass is 991 g/mol. The van der Waals surface area contributed by atoms with Crippen LogP contribution in [0.5, 0.6) is 0 Å². The molecule has 3 unspecified atom stereocenters. The van der Waals surface area contributed by atoms with E-state index in [1.807, 2.05) is 27.2 Å². The summed E-state index contributed by atoms with van der Waals surface area (Å²) >= 11 is 0. The van der Waals surface area contributed by atoms with Crippen LogP contribution in [0.1, 0.15) is 277 Å². The molecular formula is C60H115N2O6P. The molecule has 406 valence electrons. The molecule has 0 heterocycles. The van der Waals surface area contributed by atoms with Gasteiger partial charge >= 0.3 is 0 Å². The molecule has 0 fully saturated rings. The van der Waals surface area contributed by atoms with Crippen LogP contribution >= 0.6 is 7.82 Å². The topological polar surface area (TPSA) is 108 Å². The van der Waals surface area contributed by atoms with E-state index < -0.39 is 26.6 Å². The molecule has 0 spiro atoms. The Morgan fingerprint density at radius 3 is 1.17 bits per heavy atom. The van der Waals surface area contributed by atoms with E-state index in [0.29, 0.717) is 17.4 Å². The van der Waals surface area contributed by atoms with Gasteiger partial charge in [-0.3, -0.25) is 9.36 Å². The maximum Gasteiger partial charge on any atom is 0.268 e. The molecule has 0 rings (SSSR count). The number of hydrogen-bond acceptors (Lipinski definition) is 6. The lowest BCUT2D eigenvalue weighted by Crippen LogP contribution is -2.45. The molecule has 1 amide bonds. The van der Waals surface area contributed by atoms with Gasteiger partial charge in [-0.05, 0) is 70.6 Å². The van der Waals surface area contributed by atoms with Crippen molar-refractivity contribution in [3.8, 4) is 0 Å². The Balaban J connectivity index is 4.28. The molecule has 9 heteroatoms. The number of nitrogens with zero attached hydrogens (tertiary/aromatic N) is 1. The third-order valence-corrected chi connectivity index (χ3v) is 14.2. The van der Waals surface area contributed by atoms with Crippen molar-refractivity contribution in [3.63, 3.8) is 0 Å². The van der Waals surface area contributed by atoms with Crippen molar-refractivity contribution in [2.45, 2.75) is 289 Å². The number of nitrogens with one attached hydrogen (secondary N) is 1. The smallest absolute Gasteiger partial charge is 0.268 e. The number of amides is 1. The Hall–Kier alpha value is -1.54. The van der Waals surface area contributed by atoms with E-state index in [0.717, 1.165) is 44.9 Å². The molecule has 0 bridgehead atoms. The summed E-state index contributed by atoms with van der Waals surface area (Å²) in [7, 11) is 1.24. The Kier molecular flexibility index (Phi) is 50.2. The zero-order chi connectivity index (χ0) is 50.6. The number of rotatable bonds is 54. The van der Waals surface area contributed by atoms with E-state index in [1.165, 1.54) is 212 Å². The molecule has 0 aromatic rings. The van der Waals surface area contributed by atoms with Crippen LogP contribution in [-0.2, 0) is 18.4 Å². The first-order chi connectivity index (χ1) is 33.5. The van der Waals surface area contributed by atoms with Crippen molar-refractivity contribution < 1.29 is 32.9 Å². The number of carbonyl (C=O) groups is 1. The van der Waals surface area contributed by atoms with E-state index >= 15 is 0 Å². The molecule has 0 saturated heterocycles. The molecule has 8 nitrogen and oxygen atoms in total.